The molecule has 1 aliphatic rings. The Morgan fingerprint density at radius 2 is 1.76 bits per heavy atom. The van der Waals surface area contributed by atoms with Crippen LogP contribution in [-0.4, -0.2) is 23.1 Å². The number of hydrogen-bond donors (Lipinski definition) is 1. The Morgan fingerprint density at radius 3 is 2.38 bits per heavy atom. The van der Waals surface area contributed by atoms with Gasteiger partial charge >= 0.3 is 0 Å². The fourth-order valence-corrected chi connectivity index (χ4v) is 2.80. The Kier molecular flexibility index (Phi) is 4.18. The second-order valence-corrected chi connectivity index (χ2v) is 8.14. The molecule has 0 unspecified atom stereocenters. The summed E-state index contributed by atoms with van der Waals surface area (Å²) in [5, 5.41) is 0. The highest BCUT2D eigenvalue weighted by Gasteiger charge is 2.27. The molecular formula is C17H30N4. The third-order valence-corrected chi connectivity index (χ3v) is 4.47. The molecule has 0 bridgehead atoms. The maximum absolute atomic E-state index is 6.14. The molecule has 4 heteroatoms. The first-order valence-corrected chi connectivity index (χ1v) is 8.00. The van der Waals surface area contributed by atoms with Crippen molar-refractivity contribution < 1.29 is 0 Å². The molecule has 0 atom stereocenters. The van der Waals surface area contributed by atoms with Crippen molar-refractivity contribution in [3.05, 3.63) is 11.4 Å². The van der Waals surface area contributed by atoms with Crippen LogP contribution >= 0.6 is 0 Å². The number of nitrogens with zero attached hydrogens (tertiary/aromatic N) is 3. The van der Waals surface area contributed by atoms with Crippen molar-refractivity contribution in [1.29, 1.82) is 0 Å². The van der Waals surface area contributed by atoms with E-state index in [0.717, 1.165) is 30.3 Å². The van der Waals surface area contributed by atoms with E-state index in [2.05, 4.69) is 44.5 Å². The van der Waals surface area contributed by atoms with Crippen LogP contribution < -0.4 is 10.6 Å². The van der Waals surface area contributed by atoms with Crippen molar-refractivity contribution in [2.24, 2.45) is 5.41 Å². The largest absolute Gasteiger partial charge is 0.383 e. The van der Waals surface area contributed by atoms with Gasteiger partial charge < -0.3 is 10.6 Å². The third-order valence-electron chi connectivity index (χ3n) is 4.47. The molecule has 1 fully saturated rings. The van der Waals surface area contributed by atoms with Crippen LogP contribution in [0, 0.1) is 12.3 Å². The second-order valence-electron chi connectivity index (χ2n) is 8.14. The first-order chi connectivity index (χ1) is 9.60. The van der Waals surface area contributed by atoms with Crippen molar-refractivity contribution in [2.45, 2.75) is 66.2 Å². The summed E-state index contributed by atoms with van der Waals surface area (Å²) < 4.78 is 0. The van der Waals surface area contributed by atoms with Crippen LogP contribution in [0.4, 0.5) is 11.6 Å². The van der Waals surface area contributed by atoms with Gasteiger partial charge in [0.15, 0.2) is 0 Å². The van der Waals surface area contributed by atoms with E-state index in [1.165, 1.54) is 19.3 Å². The summed E-state index contributed by atoms with van der Waals surface area (Å²) in [5.74, 6) is 2.49. The topological polar surface area (TPSA) is 55.0 Å². The zero-order valence-electron chi connectivity index (χ0n) is 14.5. The van der Waals surface area contributed by atoms with E-state index < -0.39 is 0 Å². The summed E-state index contributed by atoms with van der Waals surface area (Å²) >= 11 is 0. The summed E-state index contributed by atoms with van der Waals surface area (Å²) in [5.41, 5.74) is 7.50. The minimum atomic E-state index is -0.0817. The second kappa shape index (κ2) is 5.47. The van der Waals surface area contributed by atoms with Gasteiger partial charge in [0.25, 0.3) is 0 Å². The van der Waals surface area contributed by atoms with E-state index in [9.17, 15) is 0 Å². The summed E-state index contributed by atoms with van der Waals surface area (Å²) in [4.78, 5) is 11.7. The number of nitrogen functional groups attached to an aromatic ring is 1. The molecule has 0 aliphatic carbocycles. The zero-order chi connectivity index (χ0) is 15.8. The van der Waals surface area contributed by atoms with Gasteiger partial charge in [-0.3, -0.25) is 0 Å². The number of aromatic nitrogens is 2. The lowest BCUT2D eigenvalue weighted by molar-refractivity contribution is 0.325. The van der Waals surface area contributed by atoms with Gasteiger partial charge in [-0.05, 0) is 31.6 Å². The lowest BCUT2D eigenvalue weighted by atomic mass is 9.85. The highest BCUT2D eigenvalue weighted by molar-refractivity contribution is 5.57. The molecule has 118 valence electrons. The Balaban J connectivity index is 2.36. The van der Waals surface area contributed by atoms with Crippen molar-refractivity contribution >= 4 is 11.6 Å². The number of rotatable bonds is 1. The maximum atomic E-state index is 6.14. The molecule has 1 aromatic rings. The summed E-state index contributed by atoms with van der Waals surface area (Å²) in [7, 11) is 0. The third kappa shape index (κ3) is 3.66. The number of hydrogen-bond acceptors (Lipinski definition) is 4. The van der Waals surface area contributed by atoms with E-state index in [0.29, 0.717) is 11.2 Å². The lowest BCUT2D eigenvalue weighted by Crippen LogP contribution is -2.29. The van der Waals surface area contributed by atoms with Crippen molar-refractivity contribution in [3.8, 4) is 0 Å². The Morgan fingerprint density at radius 1 is 1.10 bits per heavy atom. The molecule has 0 spiro atoms. The van der Waals surface area contributed by atoms with E-state index in [1.807, 2.05) is 6.92 Å². The van der Waals surface area contributed by atoms with Gasteiger partial charge in [-0.2, -0.15) is 0 Å². The normalized spacial score (nSPS) is 19.4. The van der Waals surface area contributed by atoms with E-state index >= 15 is 0 Å². The minimum absolute atomic E-state index is 0.0817. The molecule has 0 aromatic carbocycles. The maximum Gasteiger partial charge on any atom is 0.138 e. The average molecular weight is 290 g/mol. The van der Waals surface area contributed by atoms with Gasteiger partial charge in [-0.15, -0.1) is 0 Å². The van der Waals surface area contributed by atoms with Gasteiger partial charge in [0.1, 0.15) is 17.5 Å². The predicted octanol–water partition coefficient (Wildman–Crippen LogP) is 3.68. The molecule has 1 aromatic heterocycles. The van der Waals surface area contributed by atoms with Crippen LogP contribution in [0.1, 0.15) is 65.3 Å². The molecule has 4 nitrogen and oxygen atoms in total. The molecule has 0 amide bonds. The quantitative estimate of drug-likeness (QED) is 0.857. The van der Waals surface area contributed by atoms with Crippen LogP contribution in [0.3, 0.4) is 0 Å². The first-order valence-electron chi connectivity index (χ1n) is 8.00. The number of nitrogens with two attached hydrogens (primary N) is 1. The van der Waals surface area contributed by atoms with Crippen LogP contribution in [0.25, 0.3) is 0 Å². The molecule has 2 N–H and O–H groups in total. The zero-order valence-corrected chi connectivity index (χ0v) is 14.5. The van der Waals surface area contributed by atoms with Crippen molar-refractivity contribution in [1.82, 2.24) is 9.97 Å². The van der Waals surface area contributed by atoms with Crippen LogP contribution in [0.15, 0.2) is 0 Å². The summed E-state index contributed by atoms with van der Waals surface area (Å²) in [6, 6.07) is 0. The fourth-order valence-electron chi connectivity index (χ4n) is 2.80. The molecule has 1 saturated heterocycles. The van der Waals surface area contributed by atoms with Crippen LogP contribution in [0.5, 0.6) is 0 Å². The smallest absolute Gasteiger partial charge is 0.138 e. The highest BCUT2D eigenvalue weighted by atomic mass is 15.2. The van der Waals surface area contributed by atoms with Crippen LogP contribution in [-0.2, 0) is 5.41 Å². The molecule has 2 heterocycles. The molecule has 1 aliphatic heterocycles. The first kappa shape index (κ1) is 16.1. The molecule has 0 radical (unpaired) electrons. The predicted molar refractivity (Wildman–Crippen MR) is 89.7 cm³/mol. The Bertz CT molecular complexity index is 514. The van der Waals surface area contributed by atoms with E-state index in [4.69, 9.17) is 10.7 Å². The van der Waals surface area contributed by atoms with Gasteiger partial charge in [-0.1, -0.05) is 34.6 Å². The Labute approximate surface area is 129 Å². The summed E-state index contributed by atoms with van der Waals surface area (Å²) in [6.45, 7) is 15.3. The van der Waals surface area contributed by atoms with Gasteiger partial charge in [0.2, 0.25) is 0 Å². The van der Waals surface area contributed by atoms with E-state index in [1.54, 1.807) is 0 Å². The molecular weight excluding hydrogens is 260 g/mol. The Hall–Kier alpha value is -1.32. The van der Waals surface area contributed by atoms with Crippen molar-refractivity contribution in [2.75, 3.05) is 23.7 Å². The average Bonchev–Trinajstić information content (AvgIpc) is 2.52. The van der Waals surface area contributed by atoms with Gasteiger partial charge in [0.05, 0.1) is 0 Å². The molecule has 21 heavy (non-hydrogen) atoms. The monoisotopic (exact) mass is 290 g/mol. The fraction of sp³-hybridized carbons (Fsp3) is 0.765. The minimum Gasteiger partial charge on any atom is -0.383 e. The standard InChI is InChI=1S/C17H30N4/c1-12-13(18)19-15(16(2,3)4)20-14(12)21-10-7-8-17(5,6)9-11-21/h7-11H2,1-6H3,(H2,18,19,20). The molecule has 0 saturated carbocycles. The van der Waals surface area contributed by atoms with Gasteiger partial charge in [-0.25, -0.2) is 9.97 Å². The summed E-state index contributed by atoms with van der Waals surface area (Å²) in [6.07, 6.45) is 3.68. The number of anilines is 2. The van der Waals surface area contributed by atoms with Crippen LogP contribution in [0.2, 0.25) is 0 Å². The lowest BCUT2D eigenvalue weighted by Gasteiger charge is -2.27. The SMILES string of the molecule is Cc1c(N)nc(C(C)(C)C)nc1N1CCCC(C)(C)CC1. The highest BCUT2D eigenvalue weighted by Crippen LogP contribution is 2.33. The van der Waals surface area contributed by atoms with Gasteiger partial charge in [0, 0.05) is 24.1 Å². The van der Waals surface area contributed by atoms with Crippen molar-refractivity contribution in [3.63, 3.8) is 0 Å². The molecule has 2 rings (SSSR count). The van der Waals surface area contributed by atoms with E-state index in [-0.39, 0.29) is 5.41 Å².